The quantitative estimate of drug-likeness (QED) is 0.0404. The highest BCUT2D eigenvalue weighted by Gasteiger charge is 2.22. The van der Waals surface area contributed by atoms with Gasteiger partial charge in [-0.2, -0.15) is 0 Å². The summed E-state index contributed by atoms with van der Waals surface area (Å²) in [6, 6.07) is 0. The molecule has 0 saturated carbocycles. The molecule has 0 aromatic carbocycles. The number of phosphoric ester groups is 1. The van der Waals surface area contributed by atoms with Crippen molar-refractivity contribution in [1.82, 2.24) is 0 Å². The number of hydrogen-bond acceptors (Lipinski definition) is 6. The molecule has 234 valence electrons. The van der Waals surface area contributed by atoms with Crippen LogP contribution >= 0.6 is 7.82 Å². The largest absolute Gasteiger partial charge is 0.469 e. The maximum Gasteiger partial charge on any atom is 0.469 e. The predicted octanol–water partition coefficient (Wildman–Crippen LogP) is 8.50. The van der Waals surface area contributed by atoms with Crippen LogP contribution in [0, 0.1) is 0 Å². The number of allylic oxidation sites excluding steroid dienone is 4. The number of ether oxygens (including phenoxy) is 2. The maximum atomic E-state index is 12.2. The average Bonchev–Trinajstić information content (AvgIpc) is 2.91. The van der Waals surface area contributed by atoms with E-state index in [-0.39, 0.29) is 19.4 Å². The van der Waals surface area contributed by atoms with Gasteiger partial charge in [0.05, 0.1) is 6.61 Å². The fraction of sp³-hybridized carbons (Fsp3) is 0.806. The number of phosphoric acid groups is 1. The molecule has 0 radical (unpaired) electrons. The highest BCUT2D eigenvalue weighted by molar-refractivity contribution is 7.46. The molecule has 0 aliphatic rings. The fourth-order valence-electron chi connectivity index (χ4n) is 4.04. The van der Waals surface area contributed by atoms with Crippen LogP contribution in [-0.4, -0.2) is 41.0 Å². The van der Waals surface area contributed by atoms with Crippen molar-refractivity contribution in [2.24, 2.45) is 0 Å². The maximum absolute atomic E-state index is 12.2. The molecular weight excluding hydrogens is 531 g/mol. The van der Waals surface area contributed by atoms with E-state index in [1.165, 1.54) is 25.7 Å². The van der Waals surface area contributed by atoms with Gasteiger partial charge < -0.3 is 19.3 Å². The van der Waals surface area contributed by atoms with E-state index in [4.69, 9.17) is 19.3 Å². The van der Waals surface area contributed by atoms with Crippen LogP contribution in [0.5, 0.6) is 0 Å². The van der Waals surface area contributed by atoms with E-state index in [2.05, 4.69) is 42.7 Å². The van der Waals surface area contributed by atoms with E-state index in [0.29, 0.717) is 12.8 Å². The van der Waals surface area contributed by atoms with Gasteiger partial charge in [0, 0.05) is 12.8 Å². The van der Waals surface area contributed by atoms with Crippen molar-refractivity contribution < 1.29 is 37.9 Å². The molecule has 40 heavy (non-hydrogen) atoms. The fourth-order valence-corrected chi connectivity index (χ4v) is 4.40. The average molecular weight is 589 g/mol. The summed E-state index contributed by atoms with van der Waals surface area (Å²) in [5.74, 6) is -0.911. The lowest BCUT2D eigenvalue weighted by Crippen LogP contribution is -2.29. The number of rotatable bonds is 28. The molecule has 0 fully saturated rings. The third-order valence-electron chi connectivity index (χ3n) is 6.44. The first kappa shape index (κ1) is 38.5. The summed E-state index contributed by atoms with van der Waals surface area (Å²) in [6.45, 7) is 3.55. The predicted molar refractivity (Wildman–Crippen MR) is 161 cm³/mol. The van der Waals surface area contributed by atoms with Crippen molar-refractivity contribution in [3.63, 3.8) is 0 Å². The van der Waals surface area contributed by atoms with E-state index in [9.17, 15) is 14.2 Å². The molecule has 9 heteroatoms. The first-order chi connectivity index (χ1) is 19.3. The van der Waals surface area contributed by atoms with E-state index < -0.39 is 32.5 Å². The Labute approximate surface area is 243 Å². The molecule has 0 aliphatic heterocycles. The minimum Gasteiger partial charge on any atom is -0.462 e. The summed E-state index contributed by atoms with van der Waals surface area (Å²) in [6.07, 6.45) is 27.6. The second-order valence-electron chi connectivity index (χ2n) is 10.4. The lowest BCUT2D eigenvalue weighted by atomic mass is 10.1. The summed E-state index contributed by atoms with van der Waals surface area (Å²) in [5, 5.41) is 0. The molecule has 0 heterocycles. The number of carbonyl (C=O) groups is 2. The lowest BCUT2D eigenvalue weighted by molar-refractivity contribution is -0.161. The smallest absolute Gasteiger partial charge is 0.462 e. The van der Waals surface area contributed by atoms with Gasteiger partial charge in [-0.1, -0.05) is 102 Å². The Bertz CT molecular complexity index is 716. The number of unbranched alkanes of at least 4 members (excludes halogenated alkanes) is 14. The molecule has 0 rings (SSSR count). The Morgan fingerprint density at radius 3 is 1.52 bits per heavy atom. The van der Waals surface area contributed by atoms with E-state index >= 15 is 0 Å². The normalized spacial score (nSPS) is 12.8. The zero-order chi connectivity index (χ0) is 29.7. The summed E-state index contributed by atoms with van der Waals surface area (Å²) >= 11 is 0. The monoisotopic (exact) mass is 588 g/mol. The van der Waals surface area contributed by atoms with Crippen LogP contribution in [0.1, 0.15) is 142 Å². The Morgan fingerprint density at radius 1 is 0.625 bits per heavy atom. The van der Waals surface area contributed by atoms with Crippen LogP contribution in [-0.2, 0) is 28.2 Å². The summed E-state index contributed by atoms with van der Waals surface area (Å²) in [5.41, 5.74) is 0. The Balaban J connectivity index is 4.08. The first-order valence-electron chi connectivity index (χ1n) is 15.6. The third-order valence-corrected chi connectivity index (χ3v) is 6.93. The van der Waals surface area contributed by atoms with Gasteiger partial charge in [-0.3, -0.25) is 14.1 Å². The summed E-state index contributed by atoms with van der Waals surface area (Å²) in [7, 11) is -4.74. The topological polar surface area (TPSA) is 119 Å². The van der Waals surface area contributed by atoms with Crippen LogP contribution < -0.4 is 0 Å². The third kappa shape index (κ3) is 29.5. The highest BCUT2D eigenvalue weighted by atomic mass is 31.2. The Morgan fingerprint density at radius 2 is 1.05 bits per heavy atom. The summed E-state index contributed by atoms with van der Waals surface area (Å²) in [4.78, 5) is 42.3. The van der Waals surface area contributed by atoms with Gasteiger partial charge >= 0.3 is 19.8 Å². The molecule has 0 unspecified atom stereocenters. The van der Waals surface area contributed by atoms with Crippen molar-refractivity contribution in [2.45, 2.75) is 148 Å². The zero-order valence-corrected chi connectivity index (χ0v) is 26.1. The van der Waals surface area contributed by atoms with E-state index in [1.54, 1.807) is 0 Å². The second kappa shape index (κ2) is 27.7. The zero-order valence-electron chi connectivity index (χ0n) is 25.2. The Hall–Kier alpha value is -1.47. The SMILES string of the molecule is CCCC/C=C\CCCCCCCC(=O)OC[C@H](COP(=O)(O)O)OC(=O)CCCCCCC/C=C\CCCC. The molecular formula is C31H57O8P. The lowest BCUT2D eigenvalue weighted by Gasteiger charge is -2.18. The van der Waals surface area contributed by atoms with Gasteiger partial charge in [-0.05, 0) is 51.4 Å². The van der Waals surface area contributed by atoms with Gasteiger partial charge in [0.2, 0.25) is 0 Å². The minimum atomic E-state index is -4.74. The molecule has 8 nitrogen and oxygen atoms in total. The highest BCUT2D eigenvalue weighted by Crippen LogP contribution is 2.35. The van der Waals surface area contributed by atoms with Crippen LogP contribution in [0.4, 0.5) is 0 Å². The summed E-state index contributed by atoms with van der Waals surface area (Å²) < 4.78 is 26.1. The molecule has 0 aromatic heterocycles. The Kier molecular flexibility index (Phi) is 26.7. The molecule has 0 bridgehead atoms. The van der Waals surface area contributed by atoms with Crippen LogP contribution in [0.3, 0.4) is 0 Å². The van der Waals surface area contributed by atoms with Crippen molar-refractivity contribution in [1.29, 1.82) is 0 Å². The van der Waals surface area contributed by atoms with Crippen molar-refractivity contribution >= 4 is 19.8 Å². The van der Waals surface area contributed by atoms with Crippen molar-refractivity contribution in [3.8, 4) is 0 Å². The number of carbonyl (C=O) groups excluding carboxylic acids is 2. The molecule has 0 aromatic rings. The van der Waals surface area contributed by atoms with E-state index in [0.717, 1.165) is 77.0 Å². The molecule has 1 atom stereocenters. The first-order valence-corrected chi connectivity index (χ1v) is 17.2. The van der Waals surface area contributed by atoms with Crippen molar-refractivity contribution in [2.75, 3.05) is 13.2 Å². The van der Waals surface area contributed by atoms with Gasteiger partial charge in [0.15, 0.2) is 6.10 Å². The van der Waals surface area contributed by atoms with Gasteiger partial charge in [0.1, 0.15) is 6.61 Å². The molecule has 0 saturated heterocycles. The minimum absolute atomic E-state index is 0.200. The number of hydrogen-bond donors (Lipinski definition) is 2. The molecule has 0 amide bonds. The van der Waals surface area contributed by atoms with Crippen LogP contribution in [0.2, 0.25) is 0 Å². The van der Waals surface area contributed by atoms with Crippen molar-refractivity contribution in [3.05, 3.63) is 24.3 Å². The van der Waals surface area contributed by atoms with Gasteiger partial charge in [-0.15, -0.1) is 0 Å². The van der Waals surface area contributed by atoms with Crippen LogP contribution in [0.25, 0.3) is 0 Å². The standard InChI is InChI=1S/C31H57O8P/c1-3-5-7-9-11-13-15-17-19-21-23-25-30(32)37-27-29(28-38-40(34,35)36)39-31(33)26-24-22-20-18-16-14-12-10-8-6-4-2/h9-12,29H,3-8,13-28H2,1-2H3,(H2,34,35,36)/b11-9-,12-10-/t29-/m1/s1. The van der Waals surface area contributed by atoms with E-state index in [1.807, 2.05) is 0 Å². The molecule has 0 spiro atoms. The second-order valence-corrected chi connectivity index (χ2v) is 11.7. The molecule has 0 aliphatic carbocycles. The van der Waals surface area contributed by atoms with Gasteiger partial charge in [-0.25, -0.2) is 4.57 Å². The van der Waals surface area contributed by atoms with Gasteiger partial charge in [0.25, 0.3) is 0 Å². The van der Waals surface area contributed by atoms with Crippen LogP contribution in [0.15, 0.2) is 24.3 Å². The number of esters is 2. The molecule has 2 N–H and O–H groups in total.